The highest BCUT2D eigenvalue weighted by atomic mass is 16.5. The summed E-state index contributed by atoms with van der Waals surface area (Å²) in [7, 11) is 3.40. The zero-order valence-electron chi connectivity index (χ0n) is 11.1. The van der Waals surface area contributed by atoms with Crippen molar-refractivity contribution in [3.05, 3.63) is 0 Å². The maximum Gasteiger partial charge on any atom is 0.323 e. The summed E-state index contributed by atoms with van der Waals surface area (Å²) in [5.74, 6) is -0.810. The Morgan fingerprint density at radius 2 is 2.35 bits per heavy atom. The number of likely N-dealkylation sites (tertiary alicyclic amines) is 1. The van der Waals surface area contributed by atoms with Gasteiger partial charge in [0, 0.05) is 19.7 Å². The average Bonchev–Trinajstić information content (AvgIpc) is 2.72. The molecule has 0 aliphatic carbocycles. The van der Waals surface area contributed by atoms with Crippen LogP contribution in [0.15, 0.2) is 0 Å². The van der Waals surface area contributed by atoms with Gasteiger partial charge in [-0.25, -0.2) is 0 Å². The molecule has 0 bridgehead atoms. The average molecular weight is 244 g/mol. The van der Waals surface area contributed by atoms with Gasteiger partial charge in [0.15, 0.2) is 0 Å². The molecule has 0 saturated carbocycles. The number of methoxy groups -OCH3 is 1. The van der Waals surface area contributed by atoms with Gasteiger partial charge in [-0.05, 0) is 33.0 Å². The Balaban J connectivity index is 2.50. The van der Waals surface area contributed by atoms with E-state index in [0.717, 1.165) is 26.1 Å². The van der Waals surface area contributed by atoms with Crippen molar-refractivity contribution in [1.82, 2.24) is 9.80 Å². The van der Waals surface area contributed by atoms with Crippen molar-refractivity contribution < 1.29 is 14.6 Å². The number of hydrogen-bond acceptors (Lipinski definition) is 4. The minimum absolute atomic E-state index is 0.241. The van der Waals surface area contributed by atoms with Crippen molar-refractivity contribution in [2.24, 2.45) is 0 Å². The Bertz CT molecular complexity index is 248. The van der Waals surface area contributed by atoms with Gasteiger partial charge in [0.25, 0.3) is 0 Å². The fourth-order valence-corrected chi connectivity index (χ4v) is 2.52. The monoisotopic (exact) mass is 244 g/mol. The largest absolute Gasteiger partial charge is 0.480 e. The fraction of sp³-hybridized carbons (Fsp3) is 0.917. The lowest BCUT2D eigenvalue weighted by atomic mass is 10.2. The van der Waals surface area contributed by atoms with Crippen LogP contribution in [0.1, 0.15) is 19.8 Å². The van der Waals surface area contributed by atoms with Crippen LogP contribution in [-0.4, -0.2) is 73.4 Å². The minimum atomic E-state index is -0.810. The molecule has 1 heterocycles. The van der Waals surface area contributed by atoms with Crippen molar-refractivity contribution in [3.63, 3.8) is 0 Å². The molecule has 0 aromatic rings. The lowest BCUT2D eigenvalue weighted by Crippen LogP contribution is -2.47. The third kappa shape index (κ3) is 3.94. The summed E-state index contributed by atoms with van der Waals surface area (Å²) in [5, 5.41) is 9.14. The number of ether oxygens (including phenoxy) is 1. The van der Waals surface area contributed by atoms with Gasteiger partial charge in [-0.15, -0.1) is 0 Å². The molecule has 0 radical (unpaired) electrons. The zero-order chi connectivity index (χ0) is 12.8. The second-order valence-electron chi connectivity index (χ2n) is 4.67. The summed E-state index contributed by atoms with van der Waals surface area (Å²) >= 11 is 0. The van der Waals surface area contributed by atoms with Gasteiger partial charge in [0.05, 0.1) is 6.61 Å². The summed E-state index contributed by atoms with van der Waals surface area (Å²) in [6.45, 7) is 5.37. The Morgan fingerprint density at radius 3 is 2.88 bits per heavy atom. The van der Waals surface area contributed by atoms with Gasteiger partial charge in [0.1, 0.15) is 6.04 Å². The molecule has 17 heavy (non-hydrogen) atoms. The molecule has 5 heteroatoms. The van der Waals surface area contributed by atoms with Crippen LogP contribution >= 0.6 is 0 Å². The first-order chi connectivity index (χ1) is 8.10. The molecule has 1 fully saturated rings. The summed E-state index contributed by atoms with van der Waals surface area (Å²) in [4.78, 5) is 15.4. The normalized spacial score (nSPS) is 23.2. The van der Waals surface area contributed by atoms with Gasteiger partial charge >= 0.3 is 5.97 Å². The van der Waals surface area contributed by atoms with E-state index in [-0.39, 0.29) is 6.61 Å². The van der Waals surface area contributed by atoms with Crippen LogP contribution in [0.2, 0.25) is 0 Å². The molecule has 5 nitrogen and oxygen atoms in total. The highest BCUT2D eigenvalue weighted by molar-refractivity contribution is 5.73. The number of hydrogen-bond donors (Lipinski definition) is 1. The summed E-state index contributed by atoms with van der Waals surface area (Å²) < 4.78 is 4.97. The first kappa shape index (κ1) is 14.4. The number of rotatable bonds is 7. The SMILES string of the molecule is CCN1CCCC1CN(C)C(COC)C(=O)O. The van der Waals surface area contributed by atoms with Crippen LogP contribution in [0.4, 0.5) is 0 Å². The van der Waals surface area contributed by atoms with E-state index in [1.807, 2.05) is 11.9 Å². The van der Waals surface area contributed by atoms with Gasteiger partial charge in [0.2, 0.25) is 0 Å². The van der Waals surface area contributed by atoms with E-state index >= 15 is 0 Å². The maximum absolute atomic E-state index is 11.1. The second kappa shape index (κ2) is 6.93. The smallest absolute Gasteiger partial charge is 0.323 e. The highest BCUT2D eigenvalue weighted by Crippen LogP contribution is 2.18. The van der Waals surface area contributed by atoms with Crippen LogP contribution in [0.3, 0.4) is 0 Å². The van der Waals surface area contributed by atoms with Crippen LogP contribution < -0.4 is 0 Å². The second-order valence-corrected chi connectivity index (χ2v) is 4.67. The molecule has 0 aromatic heterocycles. The van der Waals surface area contributed by atoms with E-state index in [1.54, 1.807) is 0 Å². The van der Waals surface area contributed by atoms with E-state index < -0.39 is 12.0 Å². The molecular weight excluding hydrogens is 220 g/mol. The summed E-state index contributed by atoms with van der Waals surface area (Å²) in [6, 6.07) is -0.0528. The van der Waals surface area contributed by atoms with Gasteiger partial charge < -0.3 is 9.84 Å². The van der Waals surface area contributed by atoms with E-state index in [9.17, 15) is 4.79 Å². The molecule has 100 valence electrons. The Hall–Kier alpha value is -0.650. The summed E-state index contributed by atoms with van der Waals surface area (Å²) in [6.07, 6.45) is 2.38. The molecule has 2 atom stereocenters. The third-order valence-electron chi connectivity index (χ3n) is 3.55. The van der Waals surface area contributed by atoms with Gasteiger partial charge in [-0.2, -0.15) is 0 Å². The summed E-state index contributed by atoms with van der Waals surface area (Å²) in [5.41, 5.74) is 0. The van der Waals surface area contributed by atoms with E-state index in [1.165, 1.54) is 13.5 Å². The molecule has 0 amide bonds. The van der Waals surface area contributed by atoms with Crippen LogP contribution in [0, 0.1) is 0 Å². The van der Waals surface area contributed by atoms with Crippen molar-refractivity contribution in [3.8, 4) is 0 Å². The van der Waals surface area contributed by atoms with Crippen LogP contribution in [0.5, 0.6) is 0 Å². The number of carboxylic acid groups (broad SMARTS) is 1. The van der Waals surface area contributed by atoms with Crippen molar-refractivity contribution >= 4 is 5.97 Å². The molecule has 0 aromatic carbocycles. The fourth-order valence-electron chi connectivity index (χ4n) is 2.52. The number of nitrogens with zero attached hydrogens (tertiary/aromatic N) is 2. The molecule has 1 aliphatic heterocycles. The molecule has 1 rings (SSSR count). The molecular formula is C12H24N2O3. The van der Waals surface area contributed by atoms with E-state index in [2.05, 4.69) is 11.8 Å². The van der Waals surface area contributed by atoms with E-state index in [4.69, 9.17) is 9.84 Å². The molecule has 1 saturated heterocycles. The topological polar surface area (TPSA) is 53.0 Å². The lowest BCUT2D eigenvalue weighted by molar-refractivity contribution is -0.145. The van der Waals surface area contributed by atoms with Crippen molar-refractivity contribution in [1.29, 1.82) is 0 Å². The lowest BCUT2D eigenvalue weighted by Gasteiger charge is -2.30. The first-order valence-electron chi connectivity index (χ1n) is 6.26. The van der Waals surface area contributed by atoms with E-state index in [0.29, 0.717) is 6.04 Å². The molecule has 0 spiro atoms. The highest BCUT2D eigenvalue weighted by Gasteiger charge is 2.29. The Kier molecular flexibility index (Phi) is 5.88. The predicted molar refractivity (Wildman–Crippen MR) is 66.2 cm³/mol. The first-order valence-corrected chi connectivity index (χ1v) is 6.26. The Labute approximate surface area is 103 Å². The minimum Gasteiger partial charge on any atom is -0.480 e. The molecule has 1 N–H and O–H groups in total. The quantitative estimate of drug-likeness (QED) is 0.707. The number of aliphatic carboxylic acids is 1. The zero-order valence-corrected chi connectivity index (χ0v) is 11.1. The third-order valence-corrected chi connectivity index (χ3v) is 3.55. The predicted octanol–water partition coefficient (Wildman–Crippen LogP) is 0.502. The van der Waals surface area contributed by atoms with Crippen molar-refractivity contribution in [2.45, 2.75) is 31.8 Å². The van der Waals surface area contributed by atoms with Crippen LogP contribution in [0.25, 0.3) is 0 Å². The molecule has 2 unspecified atom stereocenters. The van der Waals surface area contributed by atoms with Gasteiger partial charge in [-0.3, -0.25) is 14.6 Å². The van der Waals surface area contributed by atoms with Crippen LogP contribution in [-0.2, 0) is 9.53 Å². The van der Waals surface area contributed by atoms with Gasteiger partial charge in [-0.1, -0.05) is 6.92 Å². The number of likely N-dealkylation sites (N-methyl/N-ethyl adjacent to an activating group) is 2. The standard InChI is InChI=1S/C12H24N2O3/c1-4-14-7-5-6-10(14)8-13(2)11(9-17-3)12(15)16/h10-11H,4-9H2,1-3H3,(H,15,16). The number of carbonyl (C=O) groups is 1. The van der Waals surface area contributed by atoms with Crippen molar-refractivity contribution in [2.75, 3.05) is 40.4 Å². The Morgan fingerprint density at radius 1 is 1.65 bits per heavy atom. The number of carboxylic acids is 1. The molecule has 1 aliphatic rings. The maximum atomic E-state index is 11.1.